The van der Waals surface area contributed by atoms with Crippen LogP contribution in [0.4, 0.5) is 0 Å². The Kier molecular flexibility index (Phi) is 7.65. The fourth-order valence-corrected chi connectivity index (χ4v) is 8.09. The standard InChI is InChI=1S/C24H38N2O5S/c1-7-12-25(14(4)5)22(29)20-24-11-10-17(32-24)18(23(30)31-9-3)19(24)21(28)26(20)16(13-27)15(6)8-2/h7,14-20,27H,1,8-13H2,2-6H3/t15-,16-,17-,18+,19-,20?,24?/m0/s1. The van der Waals surface area contributed by atoms with Crippen molar-refractivity contribution >= 4 is 29.5 Å². The number of likely N-dealkylation sites (tertiary alicyclic amines) is 1. The average molecular weight is 467 g/mol. The van der Waals surface area contributed by atoms with Gasteiger partial charge < -0.3 is 19.6 Å². The Morgan fingerprint density at radius 2 is 2.06 bits per heavy atom. The van der Waals surface area contributed by atoms with E-state index in [1.807, 2.05) is 27.7 Å². The number of fused-ring (bicyclic) bond motifs is 1. The van der Waals surface area contributed by atoms with Crippen molar-refractivity contribution in [1.82, 2.24) is 9.80 Å². The highest BCUT2D eigenvalue weighted by Crippen LogP contribution is 2.67. The Morgan fingerprint density at radius 1 is 1.38 bits per heavy atom. The predicted molar refractivity (Wildman–Crippen MR) is 125 cm³/mol. The third-order valence-electron chi connectivity index (χ3n) is 7.61. The van der Waals surface area contributed by atoms with Crippen molar-refractivity contribution in [2.24, 2.45) is 17.8 Å². The number of hydrogen-bond donors (Lipinski definition) is 1. The number of thioether (sulfide) groups is 1. The maximum Gasteiger partial charge on any atom is 0.310 e. The second kappa shape index (κ2) is 9.75. The molecule has 0 aromatic carbocycles. The number of carbonyl (C=O) groups excluding carboxylic acids is 3. The van der Waals surface area contributed by atoms with Gasteiger partial charge >= 0.3 is 5.97 Å². The molecule has 7 atom stereocenters. The van der Waals surface area contributed by atoms with Gasteiger partial charge in [-0.3, -0.25) is 14.4 Å². The van der Waals surface area contributed by atoms with E-state index in [9.17, 15) is 19.5 Å². The minimum Gasteiger partial charge on any atom is -0.466 e. The molecule has 3 heterocycles. The largest absolute Gasteiger partial charge is 0.466 e. The summed E-state index contributed by atoms with van der Waals surface area (Å²) in [6.45, 7) is 13.9. The number of aliphatic hydroxyl groups excluding tert-OH is 1. The molecule has 180 valence electrons. The first-order chi connectivity index (χ1) is 15.2. The van der Waals surface area contributed by atoms with E-state index in [1.54, 1.807) is 34.6 Å². The van der Waals surface area contributed by atoms with E-state index in [-0.39, 0.29) is 48.2 Å². The first-order valence-corrected chi connectivity index (χ1v) is 12.8. The molecule has 2 bridgehead atoms. The first-order valence-electron chi connectivity index (χ1n) is 11.9. The van der Waals surface area contributed by atoms with Gasteiger partial charge in [0.1, 0.15) is 6.04 Å². The Hall–Kier alpha value is -1.54. The summed E-state index contributed by atoms with van der Waals surface area (Å²) >= 11 is 1.63. The van der Waals surface area contributed by atoms with Gasteiger partial charge in [0.15, 0.2) is 0 Å². The molecule has 2 unspecified atom stereocenters. The van der Waals surface area contributed by atoms with E-state index in [0.29, 0.717) is 13.0 Å². The molecule has 3 aliphatic heterocycles. The summed E-state index contributed by atoms with van der Waals surface area (Å²) < 4.78 is 4.70. The van der Waals surface area contributed by atoms with Crippen molar-refractivity contribution < 1.29 is 24.2 Å². The summed E-state index contributed by atoms with van der Waals surface area (Å²) in [7, 11) is 0. The number of carbonyl (C=O) groups is 3. The van der Waals surface area contributed by atoms with Gasteiger partial charge in [-0.15, -0.1) is 18.3 Å². The van der Waals surface area contributed by atoms with E-state index in [2.05, 4.69) is 6.58 Å². The molecule has 0 radical (unpaired) electrons. The molecule has 3 aliphatic rings. The highest BCUT2D eigenvalue weighted by Gasteiger charge is 2.75. The number of hydrogen-bond acceptors (Lipinski definition) is 6. The van der Waals surface area contributed by atoms with Crippen molar-refractivity contribution in [2.45, 2.75) is 82.0 Å². The molecule has 0 saturated carbocycles. The quantitative estimate of drug-likeness (QED) is 0.393. The molecule has 3 fully saturated rings. The van der Waals surface area contributed by atoms with Crippen LogP contribution in [0.1, 0.15) is 53.9 Å². The zero-order valence-electron chi connectivity index (χ0n) is 20.0. The van der Waals surface area contributed by atoms with Crippen LogP contribution in [-0.2, 0) is 19.1 Å². The van der Waals surface area contributed by atoms with Crippen LogP contribution in [0.25, 0.3) is 0 Å². The minimum atomic E-state index is -0.706. The van der Waals surface area contributed by atoms with Crippen LogP contribution >= 0.6 is 11.8 Å². The van der Waals surface area contributed by atoms with E-state index < -0.39 is 28.7 Å². The molecular formula is C24H38N2O5S. The number of ether oxygens (including phenoxy) is 1. The second-order valence-electron chi connectivity index (χ2n) is 9.56. The zero-order valence-corrected chi connectivity index (χ0v) is 20.8. The minimum absolute atomic E-state index is 0.0106. The van der Waals surface area contributed by atoms with Gasteiger partial charge in [-0.05, 0) is 39.5 Å². The number of nitrogens with zero attached hydrogens (tertiary/aromatic N) is 2. The molecule has 7 nitrogen and oxygen atoms in total. The lowest BCUT2D eigenvalue weighted by Crippen LogP contribution is -2.59. The van der Waals surface area contributed by atoms with Gasteiger partial charge in [-0.2, -0.15) is 0 Å². The van der Waals surface area contributed by atoms with E-state index in [4.69, 9.17) is 4.74 Å². The number of aliphatic hydroxyl groups is 1. The molecule has 0 aromatic rings. The smallest absolute Gasteiger partial charge is 0.310 e. The Bertz CT molecular complexity index is 759. The Balaban J connectivity index is 2.12. The highest BCUT2D eigenvalue weighted by atomic mass is 32.2. The summed E-state index contributed by atoms with van der Waals surface area (Å²) in [6, 6.07) is -1.24. The average Bonchev–Trinajstić information content (AvgIpc) is 3.40. The molecule has 3 saturated heterocycles. The van der Waals surface area contributed by atoms with Gasteiger partial charge in [0.2, 0.25) is 11.8 Å². The molecule has 8 heteroatoms. The van der Waals surface area contributed by atoms with Crippen molar-refractivity contribution in [1.29, 1.82) is 0 Å². The van der Waals surface area contributed by atoms with Crippen molar-refractivity contribution in [3.63, 3.8) is 0 Å². The van der Waals surface area contributed by atoms with Crippen molar-refractivity contribution in [3.8, 4) is 0 Å². The van der Waals surface area contributed by atoms with Gasteiger partial charge in [0.05, 0.1) is 35.8 Å². The van der Waals surface area contributed by atoms with E-state index in [1.165, 1.54) is 0 Å². The lowest BCUT2D eigenvalue weighted by molar-refractivity contribution is -0.154. The molecule has 0 aromatic heterocycles. The molecule has 32 heavy (non-hydrogen) atoms. The third-order valence-corrected chi connectivity index (χ3v) is 9.56. The topological polar surface area (TPSA) is 87.2 Å². The van der Waals surface area contributed by atoms with Crippen LogP contribution in [0.3, 0.4) is 0 Å². The maximum atomic E-state index is 14.1. The summed E-state index contributed by atoms with van der Waals surface area (Å²) in [5, 5.41) is 10.3. The van der Waals surface area contributed by atoms with Gasteiger partial charge in [-0.1, -0.05) is 26.3 Å². The first kappa shape index (κ1) is 25.1. The van der Waals surface area contributed by atoms with Crippen LogP contribution in [0.2, 0.25) is 0 Å². The highest BCUT2D eigenvalue weighted by molar-refractivity contribution is 8.02. The van der Waals surface area contributed by atoms with Gasteiger partial charge in [0, 0.05) is 17.8 Å². The molecular weight excluding hydrogens is 428 g/mol. The zero-order chi connectivity index (χ0) is 23.8. The third kappa shape index (κ3) is 3.77. The molecule has 1 spiro atoms. The van der Waals surface area contributed by atoms with Gasteiger partial charge in [-0.25, -0.2) is 0 Å². The fourth-order valence-electron chi connectivity index (χ4n) is 5.90. The van der Waals surface area contributed by atoms with E-state index in [0.717, 1.165) is 12.8 Å². The summed E-state index contributed by atoms with van der Waals surface area (Å²) in [4.78, 5) is 44.4. The lowest BCUT2D eigenvalue weighted by Gasteiger charge is -2.42. The number of esters is 1. The number of amides is 2. The van der Waals surface area contributed by atoms with Gasteiger partial charge in [0.25, 0.3) is 0 Å². The monoisotopic (exact) mass is 466 g/mol. The normalized spacial score (nSPS) is 32.7. The fraction of sp³-hybridized carbons (Fsp3) is 0.792. The summed E-state index contributed by atoms with van der Waals surface area (Å²) in [5.41, 5.74) is 0. The Labute approximate surface area is 195 Å². The number of rotatable bonds is 10. The summed E-state index contributed by atoms with van der Waals surface area (Å²) in [6.07, 6.45) is 3.96. The predicted octanol–water partition coefficient (Wildman–Crippen LogP) is 2.47. The van der Waals surface area contributed by atoms with Crippen LogP contribution in [0.5, 0.6) is 0 Å². The van der Waals surface area contributed by atoms with Crippen LogP contribution < -0.4 is 0 Å². The second-order valence-corrected chi connectivity index (χ2v) is 11.2. The van der Waals surface area contributed by atoms with Crippen LogP contribution in [-0.4, -0.2) is 80.6 Å². The Morgan fingerprint density at radius 3 is 2.59 bits per heavy atom. The van der Waals surface area contributed by atoms with E-state index >= 15 is 0 Å². The molecule has 1 N–H and O–H groups in total. The molecule has 2 amide bonds. The van der Waals surface area contributed by atoms with Crippen molar-refractivity contribution in [2.75, 3.05) is 19.8 Å². The molecule has 0 aliphatic carbocycles. The van der Waals surface area contributed by atoms with Crippen molar-refractivity contribution in [3.05, 3.63) is 12.7 Å². The molecule has 3 rings (SSSR count). The van der Waals surface area contributed by atoms with Crippen LogP contribution in [0.15, 0.2) is 12.7 Å². The SMILES string of the molecule is C=CCN(C(=O)C1N([C@@H](CO)[C@@H](C)CC)C(=O)[C@@H]2[C@H](C(=O)OCC)[C@@H]3CCC12S3)C(C)C. The maximum absolute atomic E-state index is 14.1. The summed E-state index contributed by atoms with van der Waals surface area (Å²) in [5.74, 6) is -1.74. The van der Waals surface area contributed by atoms with Crippen LogP contribution in [0, 0.1) is 17.8 Å². The lowest BCUT2D eigenvalue weighted by atomic mass is 9.71.